The molecule has 7 nitrogen and oxygen atoms in total. The van der Waals surface area contributed by atoms with Crippen LogP contribution >= 0.6 is 22.7 Å². The lowest BCUT2D eigenvalue weighted by atomic mass is 10.0. The van der Waals surface area contributed by atoms with Crippen molar-refractivity contribution in [3.05, 3.63) is 77.1 Å². The summed E-state index contributed by atoms with van der Waals surface area (Å²) in [4.78, 5) is 32.6. The van der Waals surface area contributed by atoms with Crippen molar-refractivity contribution in [3.8, 4) is 11.5 Å². The second kappa shape index (κ2) is 9.36. The van der Waals surface area contributed by atoms with Crippen LogP contribution in [0, 0.1) is 0 Å². The van der Waals surface area contributed by atoms with Gasteiger partial charge in [0.1, 0.15) is 6.04 Å². The second-order valence-corrected chi connectivity index (χ2v) is 9.62. The summed E-state index contributed by atoms with van der Waals surface area (Å²) in [6, 6.07) is 8.71. The Bertz CT molecular complexity index is 1400. The van der Waals surface area contributed by atoms with E-state index in [1.165, 1.54) is 22.7 Å². The number of carbonyl (C=O) groups excluding carboxylic acids is 1. The van der Waals surface area contributed by atoms with Crippen LogP contribution in [0.25, 0.3) is 6.08 Å². The van der Waals surface area contributed by atoms with Gasteiger partial charge in [-0.3, -0.25) is 9.36 Å². The van der Waals surface area contributed by atoms with Crippen molar-refractivity contribution in [3.63, 3.8) is 0 Å². The number of carbonyl (C=O) groups is 1. The molecule has 0 N–H and O–H groups in total. The number of nitrogens with zero attached hydrogens (tertiary/aromatic N) is 2. The SMILES string of the molecule is COc1cccc(/C=c2\sc3n(c2=O)C(c2cccs2)C(C(=O)OC(C)C)=C(C)N=3)c1OC. The molecular formula is C24H24N2O5S2. The van der Waals surface area contributed by atoms with Crippen LogP contribution in [-0.4, -0.2) is 30.9 Å². The summed E-state index contributed by atoms with van der Waals surface area (Å²) >= 11 is 2.75. The fourth-order valence-electron chi connectivity index (χ4n) is 3.74. The van der Waals surface area contributed by atoms with Crippen molar-refractivity contribution >= 4 is 34.7 Å². The van der Waals surface area contributed by atoms with Crippen molar-refractivity contribution < 1.29 is 19.0 Å². The van der Waals surface area contributed by atoms with Crippen molar-refractivity contribution in [2.45, 2.75) is 32.9 Å². The standard InChI is InChI=1S/C24H24N2O5S2/c1-13(2)31-23(28)19-14(3)25-24-26(20(19)17-10-7-11-32-17)22(27)18(33-24)12-15-8-6-9-16(29-4)21(15)30-5/h6-13,20H,1-5H3/b18-12-. The minimum Gasteiger partial charge on any atom is -0.493 e. The Balaban J connectivity index is 1.94. The van der Waals surface area contributed by atoms with Gasteiger partial charge in [0.15, 0.2) is 16.3 Å². The van der Waals surface area contributed by atoms with E-state index in [4.69, 9.17) is 14.2 Å². The topological polar surface area (TPSA) is 79.1 Å². The van der Waals surface area contributed by atoms with Crippen LogP contribution in [0.1, 0.15) is 37.3 Å². The van der Waals surface area contributed by atoms with E-state index < -0.39 is 12.0 Å². The van der Waals surface area contributed by atoms with Crippen LogP contribution in [0.3, 0.4) is 0 Å². The first-order valence-electron chi connectivity index (χ1n) is 10.3. The fraction of sp³-hybridized carbons (Fsp3) is 0.292. The minimum atomic E-state index is -0.596. The van der Waals surface area contributed by atoms with Gasteiger partial charge in [0, 0.05) is 10.4 Å². The number of fused-ring (bicyclic) bond motifs is 1. The minimum absolute atomic E-state index is 0.232. The number of benzene rings is 1. The third-order valence-electron chi connectivity index (χ3n) is 5.12. The molecule has 3 aromatic rings. The molecule has 1 atom stereocenters. The first-order valence-corrected chi connectivity index (χ1v) is 12.0. The van der Waals surface area contributed by atoms with E-state index in [2.05, 4.69) is 4.99 Å². The highest BCUT2D eigenvalue weighted by Crippen LogP contribution is 2.34. The number of ether oxygens (including phenoxy) is 3. The van der Waals surface area contributed by atoms with Gasteiger partial charge in [-0.25, -0.2) is 9.79 Å². The molecule has 1 aliphatic rings. The molecule has 1 aliphatic heterocycles. The molecule has 0 saturated carbocycles. The van der Waals surface area contributed by atoms with Gasteiger partial charge >= 0.3 is 5.97 Å². The Morgan fingerprint density at radius 1 is 1.18 bits per heavy atom. The molecule has 0 fully saturated rings. The lowest BCUT2D eigenvalue weighted by Crippen LogP contribution is -2.39. The Morgan fingerprint density at radius 2 is 1.97 bits per heavy atom. The van der Waals surface area contributed by atoms with Crippen LogP contribution in [0.5, 0.6) is 11.5 Å². The van der Waals surface area contributed by atoms with Gasteiger partial charge in [0.2, 0.25) is 0 Å². The number of rotatable bonds is 6. The summed E-state index contributed by atoms with van der Waals surface area (Å²) in [5, 5.41) is 1.92. The molecule has 9 heteroatoms. The zero-order chi connectivity index (χ0) is 23.7. The van der Waals surface area contributed by atoms with E-state index in [1.807, 2.05) is 29.6 Å². The number of hydrogen-bond donors (Lipinski definition) is 0. The zero-order valence-corrected chi connectivity index (χ0v) is 20.6. The molecular weight excluding hydrogens is 460 g/mol. The number of esters is 1. The number of methoxy groups -OCH3 is 2. The Labute approximate surface area is 198 Å². The zero-order valence-electron chi connectivity index (χ0n) is 18.9. The molecule has 0 radical (unpaired) electrons. The Hall–Kier alpha value is -3.17. The first-order chi connectivity index (χ1) is 15.8. The van der Waals surface area contributed by atoms with E-state index in [0.29, 0.717) is 37.7 Å². The number of aromatic nitrogens is 1. The number of thiophene rings is 1. The van der Waals surface area contributed by atoms with Crippen LogP contribution in [0.4, 0.5) is 0 Å². The van der Waals surface area contributed by atoms with Crippen LogP contribution in [0.2, 0.25) is 0 Å². The third-order valence-corrected chi connectivity index (χ3v) is 7.02. The van der Waals surface area contributed by atoms with E-state index >= 15 is 0 Å². The van der Waals surface area contributed by atoms with E-state index in [-0.39, 0.29) is 11.7 Å². The van der Waals surface area contributed by atoms with Gasteiger partial charge in [-0.05, 0) is 44.4 Å². The predicted octanol–water partition coefficient (Wildman–Crippen LogP) is 3.27. The van der Waals surface area contributed by atoms with Crippen molar-refractivity contribution in [1.29, 1.82) is 0 Å². The summed E-state index contributed by atoms with van der Waals surface area (Å²) in [6.45, 7) is 5.37. The highest BCUT2D eigenvalue weighted by molar-refractivity contribution is 7.10. The molecule has 3 heterocycles. The molecule has 0 amide bonds. The number of para-hydroxylation sites is 1. The number of hydrogen-bond acceptors (Lipinski definition) is 8. The van der Waals surface area contributed by atoms with Crippen molar-refractivity contribution in [2.24, 2.45) is 4.99 Å². The van der Waals surface area contributed by atoms with Gasteiger partial charge in [-0.15, -0.1) is 11.3 Å². The largest absolute Gasteiger partial charge is 0.493 e. The van der Waals surface area contributed by atoms with Crippen molar-refractivity contribution in [2.75, 3.05) is 14.2 Å². The first kappa shape index (κ1) is 23.0. The van der Waals surface area contributed by atoms with Crippen LogP contribution in [-0.2, 0) is 9.53 Å². The molecule has 0 aliphatic carbocycles. The summed E-state index contributed by atoms with van der Waals surface area (Å²) in [7, 11) is 3.13. The Kier molecular flexibility index (Phi) is 6.53. The molecule has 0 saturated heterocycles. The van der Waals surface area contributed by atoms with Gasteiger partial charge in [-0.1, -0.05) is 29.5 Å². The monoisotopic (exact) mass is 484 g/mol. The average molecular weight is 485 g/mol. The van der Waals surface area contributed by atoms with Gasteiger partial charge < -0.3 is 14.2 Å². The highest BCUT2D eigenvalue weighted by atomic mass is 32.1. The maximum Gasteiger partial charge on any atom is 0.338 e. The number of allylic oxidation sites excluding steroid dienone is 1. The average Bonchev–Trinajstić information content (AvgIpc) is 3.41. The van der Waals surface area contributed by atoms with Gasteiger partial charge in [0.25, 0.3) is 5.56 Å². The van der Waals surface area contributed by atoms with Gasteiger partial charge in [0.05, 0.1) is 36.1 Å². The molecule has 1 aromatic carbocycles. The molecule has 2 aromatic heterocycles. The second-order valence-electron chi connectivity index (χ2n) is 7.63. The normalized spacial score (nSPS) is 15.9. The number of thiazole rings is 1. The lowest BCUT2D eigenvalue weighted by molar-refractivity contribution is -0.143. The van der Waals surface area contributed by atoms with Crippen LogP contribution in [0.15, 0.2) is 56.8 Å². The highest BCUT2D eigenvalue weighted by Gasteiger charge is 2.34. The molecule has 4 rings (SSSR count). The van der Waals surface area contributed by atoms with E-state index in [0.717, 1.165) is 4.88 Å². The van der Waals surface area contributed by atoms with Crippen molar-refractivity contribution in [1.82, 2.24) is 4.57 Å². The molecule has 1 unspecified atom stereocenters. The smallest absolute Gasteiger partial charge is 0.338 e. The van der Waals surface area contributed by atoms with Crippen LogP contribution < -0.4 is 24.4 Å². The van der Waals surface area contributed by atoms with E-state index in [1.54, 1.807) is 51.7 Å². The maximum atomic E-state index is 13.6. The maximum absolute atomic E-state index is 13.6. The molecule has 0 spiro atoms. The lowest BCUT2D eigenvalue weighted by Gasteiger charge is -2.24. The molecule has 33 heavy (non-hydrogen) atoms. The molecule has 172 valence electrons. The van der Waals surface area contributed by atoms with Gasteiger partial charge in [-0.2, -0.15) is 0 Å². The summed E-state index contributed by atoms with van der Waals surface area (Å²) in [6.07, 6.45) is 1.48. The third kappa shape index (κ3) is 4.26. The molecule has 0 bridgehead atoms. The van der Waals surface area contributed by atoms with E-state index in [9.17, 15) is 9.59 Å². The summed E-state index contributed by atoms with van der Waals surface area (Å²) < 4.78 is 18.5. The predicted molar refractivity (Wildman–Crippen MR) is 129 cm³/mol. The summed E-state index contributed by atoms with van der Waals surface area (Å²) in [5.74, 6) is 0.650. The fourth-order valence-corrected chi connectivity index (χ4v) is 5.60. The quantitative estimate of drug-likeness (QED) is 0.502. The Morgan fingerprint density at radius 3 is 2.61 bits per heavy atom. The summed E-state index contributed by atoms with van der Waals surface area (Å²) in [5.41, 5.74) is 1.41.